The molecule has 1 heterocycles. The highest BCUT2D eigenvalue weighted by molar-refractivity contribution is 14.1. The number of hydrogen-bond acceptors (Lipinski definition) is 2. The van der Waals surface area contributed by atoms with Gasteiger partial charge < -0.3 is 15.0 Å². The van der Waals surface area contributed by atoms with Crippen LogP contribution in [0.25, 0.3) is 0 Å². The van der Waals surface area contributed by atoms with Crippen LogP contribution < -0.4 is 5.32 Å². The van der Waals surface area contributed by atoms with Gasteiger partial charge in [0, 0.05) is 16.8 Å². The SMILES string of the molecule is Cn1cc(NC(=O)c2ccc(I)cc2F)cc1C(=O)O. The molecule has 1 aromatic carbocycles. The number of aromatic carboxylic acids is 1. The summed E-state index contributed by atoms with van der Waals surface area (Å²) < 4.78 is 15.7. The Kier molecular flexibility index (Phi) is 4.07. The second kappa shape index (κ2) is 5.61. The topological polar surface area (TPSA) is 71.3 Å². The molecule has 0 aliphatic rings. The Morgan fingerprint density at radius 2 is 2.05 bits per heavy atom. The summed E-state index contributed by atoms with van der Waals surface area (Å²) >= 11 is 1.94. The van der Waals surface area contributed by atoms with Crippen molar-refractivity contribution in [2.24, 2.45) is 7.05 Å². The zero-order valence-corrected chi connectivity index (χ0v) is 12.5. The molecule has 0 saturated carbocycles. The molecular formula is C13H10FIN2O3. The normalized spacial score (nSPS) is 10.3. The monoisotopic (exact) mass is 388 g/mol. The number of nitrogens with zero attached hydrogens (tertiary/aromatic N) is 1. The molecule has 0 atom stereocenters. The molecule has 1 aromatic heterocycles. The Hall–Kier alpha value is -1.90. The first-order valence-corrected chi connectivity index (χ1v) is 6.62. The molecule has 0 saturated heterocycles. The summed E-state index contributed by atoms with van der Waals surface area (Å²) in [6, 6.07) is 5.56. The van der Waals surface area contributed by atoms with E-state index in [0.29, 0.717) is 9.26 Å². The van der Waals surface area contributed by atoms with E-state index in [1.165, 1.54) is 29.0 Å². The van der Waals surface area contributed by atoms with Crippen molar-refractivity contribution in [3.63, 3.8) is 0 Å². The van der Waals surface area contributed by atoms with E-state index in [0.717, 1.165) is 0 Å². The third-order valence-electron chi connectivity index (χ3n) is 2.66. The highest BCUT2D eigenvalue weighted by Gasteiger charge is 2.15. The second-order valence-corrected chi connectivity index (χ2v) is 5.35. The van der Waals surface area contributed by atoms with Crippen molar-refractivity contribution in [1.29, 1.82) is 0 Å². The van der Waals surface area contributed by atoms with Gasteiger partial charge in [-0.3, -0.25) is 4.79 Å². The molecule has 5 nitrogen and oxygen atoms in total. The molecule has 0 unspecified atom stereocenters. The van der Waals surface area contributed by atoms with E-state index < -0.39 is 17.7 Å². The molecule has 2 aromatic rings. The average Bonchev–Trinajstić information content (AvgIpc) is 2.70. The molecule has 20 heavy (non-hydrogen) atoms. The maximum atomic E-state index is 13.7. The quantitative estimate of drug-likeness (QED) is 0.795. The number of amides is 1. The molecule has 0 radical (unpaired) electrons. The third-order valence-corrected chi connectivity index (χ3v) is 3.33. The maximum Gasteiger partial charge on any atom is 0.352 e. The van der Waals surface area contributed by atoms with Gasteiger partial charge >= 0.3 is 5.97 Å². The van der Waals surface area contributed by atoms with Crippen LogP contribution >= 0.6 is 22.6 Å². The van der Waals surface area contributed by atoms with E-state index in [1.54, 1.807) is 13.1 Å². The van der Waals surface area contributed by atoms with Crippen LogP contribution in [0.1, 0.15) is 20.8 Å². The highest BCUT2D eigenvalue weighted by atomic mass is 127. The van der Waals surface area contributed by atoms with Gasteiger partial charge in [-0.15, -0.1) is 0 Å². The Morgan fingerprint density at radius 3 is 2.60 bits per heavy atom. The highest BCUT2D eigenvalue weighted by Crippen LogP contribution is 2.17. The summed E-state index contributed by atoms with van der Waals surface area (Å²) in [5.74, 6) is -2.35. The summed E-state index contributed by atoms with van der Waals surface area (Å²) in [6.45, 7) is 0. The van der Waals surface area contributed by atoms with Crippen LogP contribution in [0.4, 0.5) is 10.1 Å². The lowest BCUT2D eigenvalue weighted by Gasteiger charge is -2.04. The number of aromatic nitrogens is 1. The Labute approximate surface area is 127 Å². The van der Waals surface area contributed by atoms with Gasteiger partial charge in [0.25, 0.3) is 5.91 Å². The fraction of sp³-hybridized carbons (Fsp3) is 0.0769. The summed E-state index contributed by atoms with van der Waals surface area (Å²) in [5.41, 5.74) is 0.238. The van der Waals surface area contributed by atoms with Gasteiger partial charge in [-0.05, 0) is 46.9 Å². The van der Waals surface area contributed by atoms with E-state index in [9.17, 15) is 14.0 Å². The van der Waals surface area contributed by atoms with E-state index in [4.69, 9.17) is 5.11 Å². The van der Waals surface area contributed by atoms with Crippen LogP contribution in [0.15, 0.2) is 30.5 Å². The minimum atomic E-state index is -1.10. The van der Waals surface area contributed by atoms with Gasteiger partial charge in [0.15, 0.2) is 0 Å². The number of nitrogens with one attached hydrogen (secondary N) is 1. The van der Waals surface area contributed by atoms with Gasteiger partial charge in [-0.25, -0.2) is 9.18 Å². The minimum absolute atomic E-state index is 0.0309. The summed E-state index contributed by atoms with van der Waals surface area (Å²) in [5, 5.41) is 11.4. The first-order chi connectivity index (χ1) is 9.38. The van der Waals surface area contributed by atoms with Crippen molar-refractivity contribution in [2.45, 2.75) is 0 Å². The lowest BCUT2D eigenvalue weighted by atomic mass is 10.2. The van der Waals surface area contributed by atoms with E-state index >= 15 is 0 Å². The molecule has 0 aliphatic heterocycles. The van der Waals surface area contributed by atoms with Crippen molar-refractivity contribution in [3.05, 3.63) is 51.1 Å². The van der Waals surface area contributed by atoms with Crippen LogP contribution in [0.2, 0.25) is 0 Å². The molecule has 104 valence electrons. The number of anilines is 1. The number of benzene rings is 1. The van der Waals surface area contributed by atoms with Crippen molar-refractivity contribution >= 4 is 40.2 Å². The fourth-order valence-electron chi connectivity index (χ4n) is 1.72. The second-order valence-electron chi connectivity index (χ2n) is 4.11. The number of carboxylic acid groups (broad SMARTS) is 1. The molecule has 0 fully saturated rings. The first kappa shape index (κ1) is 14.5. The number of carbonyl (C=O) groups is 2. The molecule has 0 spiro atoms. The molecule has 2 N–H and O–H groups in total. The zero-order valence-electron chi connectivity index (χ0n) is 10.4. The Balaban J connectivity index is 2.23. The van der Waals surface area contributed by atoms with Gasteiger partial charge in [0.1, 0.15) is 11.5 Å². The summed E-state index contributed by atoms with van der Waals surface area (Å²) in [7, 11) is 1.55. The average molecular weight is 388 g/mol. The van der Waals surface area contributed by atoms with Gasteiger partial charge in [0.2, 0.25) is 0 Å². The Bertz CT molecular complexity index is 697. The number of aryl methyl sites for hydroxylation is 1. The molecule has 2 rings (SSSR count). The van der Waals surface area contributed by atoms with E-state index in [1.807, 2.05) is 22.6 Å². The van der Waals surface area contributed by atoms with E-state index in [-0.39, 0.29) is 11.3 Å². The lowest BCUT2D eigenvalue weighted by Crippen LogP contribution is -2.13. The molecular weight excluding hydrogens is 378 g/mol. The third kappa shape index (κ3) is 2.98. The van der Waals surface area contributed by atoms with Crippen LogP contribution in [-0.4, -0.2) is 21.6 Å². The maximum absolute atomic E-state index is 13.7. The molecule has 0 bridgehead atoms. The van der Waals surface area contributed by atoms with E-state index in [2.05, 4.69) is 5.32 Å². The predicted molar refractivity (Wildman–Crippen MR) is 79.4 cm³/mol. The van der Waals surface area contributed by atoms with Crippen LogP contribution in [0.5, 0.6) is 0 Å². The zero-order chi connectivity index (χ0) is 14.9. The van der Waals surface area contributed by atoms with Crippen molar-refractivity contribution < 1.29 is 19.1 Å². The number of carboxylic acids is 1. The summed E-state index contributed by atoms with van der Waals surface area (Å²) in [6.07, 6.45) is 1.45. The largest absolute Gasteiger partial charge is 0.477 e. The molecule has 1 amide bonds. The first-order valence-electron chi connectivity index (χ1n) is 5.54. The Morgan fingerprint density at radius 1 is 1.35 bits per heavy atom. The lowest BCUT2D eigenvalue weighted by molar-refractivity contribution is 0.0686. The molecule has 7 heteroatoms. The standard InChI is InChI=1S/C13H10FIN2O3/c1-17-6-8(5-11(17)13(19)20)16-12(18)9-3-2-7(15)4-10(9)14/h2-6H,1H3,(H,16,18)(H,19,20). The number of carbonyl (C=O) groups excluding carboxylic acids is 1. The van der Waals surface area contributed by atoms with Gasteiger partial charge in [0.05, 0.1) is 11.3 Å². The van der Waals surface area contributed by atoms with Crippen molar-refractivity contribution in [1.82, 2.24) is 4.57 Å². The van der Waals surface area contributed by atoms with Crippen LogP contribution in [-0.2, 0) is 7.05 Å². The minimum Gasteiger partial charge on any atom is -0.477 e. The number of rotatable bonds is 3. The van der Waals surface area contributed by atoms with Crippen LogP contribution in [0, 0.1) is 9.39 Å². The van der Waals surface area contributed by atoms with Crippen molar-refractivity contribution in [2.75, 3.05) is 5.32 Å². The predicted octanol–water partition coefficient (Wildman–Crippen LogP) is 2.72. The molecule has 0 aliphatic carbocycles. The van der Waals surface area contributed by atoms with Gasteiger partial charge in [-0.2, -0.15) is 0 Å². The number of halogens is 2. The van der Waals surface area contributed by atoms with Gasteiger partial charge in [-0.1, -0.05) is 0 Å². The summed E-state index contributed by atoms with van der Waals surface area (Å²) in [4.78, 5) is 22.8. The van der Waals surface area contributed by atoms with Crippen molar-refractivity contribution in [3.8, 4) is 0 Å². The fourth-order valence-corrected chi connectivity index (χ4v) is 2.17. The van der Waals surface area contributed by atoms with Crippen LogP contribution in [0.3, 0.4) is 0 Å². The number of hydrogen-bond donors (Lipinski definition) is 2. The smallest absolute Gasteiger partial charge is 0.352 e.